The minimum atomic E-state index is -3.28. The third-order valence-electron chi connectivity index (χ3n) is 2.56. The Morgan fingerprint density at radius 1 is 1.28 bits per heavy atom. The second-order valence-corrected chi connectivity index (χ2v) is 6.16. The highest BCUT2D eigenvalue weighted by molar-refractivity contribution is 7.89. The van der Waals surface area contributed by atoms with Gasteiger partial charge < -0.3 is 5.41 Å². The van der Waals surface area contributed by atoms with Gasteiger partial charge in [0.25, 0.3) is 0 Å². The summed E-state index contributed by atoms with van der Waals surface area (Å²) in [5, 5.41) is 7.54. The largest absolute Gasteiger partial charge is 0.308 e. The lowest BCUT2D eigenvalue weighted by atomic mass is 10.2. The Labute approximate surface area is 109 Å². The standard InChI is InChI=1S/C13H20N2O2S/c1-2-6-13(14)11-15-18(16,17)10-9-12-7-4-3-5-8-12/h3-5,7-8,14-15H,2,6,9-11H2,1H3. The molecule has 5 heteroatoms. The third kappa shape index (κ3) is 5.93. The number of sulfonamides is 1. The van der Waals surface area contributed by atoms with Gasteiger partial charge in [0.1, 0.15) is 0 Å². The normalized spacial score (nSPS) is 11.4. The molecule has 2 N–H and O–H groups in total. The molecular weight excluding hydrogens is 248 g/mol. The summed E-state index contributed by atoms with van der Waals surface area (Å²) in [5.41, 5.74) is 1.44. The molecule has 1 aromatic rings. The SMILES string of the molecule is CCCC(=N)CNS(=O)(=O)CCc1ccccc1. The highest BCUT2D eigenvalue weighted by Crippen LogP contribution is 2.01. The zero-order valence-electron chi connectivity index (χ0n) is 10.6. The van der Waals surface area contributed by atoms with Crippen LogP contribution in [-0.2, 0) is 16.4 Å². The van der Waals surface area contributed by atoms with Crippen LogP contribution in [0.3, 0.4) is 0 Å². The van der Waals surface area contributed by atoms with Crippen LogP contribution in [0.25, 0.3) is 0 Å². The Balaban J connectivity index is 2.38. The van der Waals surface area contributed by atoms with E-state index in [2.05, 4.69) is 4.72 Å². The number of benzene rings is 1. The van der Waals surface area contributed by atoms with Crippen LogP contribution in [0.15, 0.2) is 30.3 Å². The van der Waals surface area contributed by atoms with Gasteiger partial charge in [0.2, 0.25) is 10.0 Å². The molecule has 0 amide bonds. The van der Waals surface area contributed by atoms with Crippen LogP contribution in [0.4, 0.5) is 0 Å². The van der Waals surface area contributed by atoms with Gasteiger partial charge in [-0.05, 0) is 18.4 Å². The summed E-state index contributed by atoms with van der Waals surface area (Å²) in [7, 11) is -3.28. The van der Waals surface area contributed by atoms with Crippen molar-refractivity contribution in [2.45, 2.75) is 26.2 Å². The molecule has 1 rings (SSSR count). The summed E-state index contributed by atoms with van der Waals surface area (Å²) < 4.78 is 25.9. The maximum absolute atomic E-state index is 11.7. The summed E-state index contributed by atoms with van der Waals surface area (Å²) in [6, 6.07) is 9.52. The minimum Gasteiger partial charge on any atom is -0.308 e. The summed E-state index contributed by atoms with van der Waals surface area (Å²) in [6.07, 6.45) is 2.00. The van der Waals surface area contributed by atoms with Crippen LogP contribution in [-0.4, -0.2) is 26.4 Å². The summed E-state index contributed by atoms with van der Waals surface area (Å²) in [4.78, 5) is 0. The zero-order chi connectivity index (χ0) is 13.4. The minimum absolute atomic E-state index is 0.0659. The smallest absolute Gasteiger partial charge is 0.212 e. The Morgan fingerprint density at radius 3 is 2.56 bits per heavy atom. The molecule has 0 saturated heterocycles. The van der Waals surface area contributed by atoms with Crippen molar-refractivity contribution >= 4 is 15.7 Å². The lowest BCUT2D eigenvalue weighted by molar-refractivity contribution is 0.585. The van der Waals surface area contributed by atoms with E-state index >= 15 is 0 Å². The summed E-state index contributed by atoms with van der Waals surface area (Å²) in [6.45, 7) is 2.10. The van der Waals surface area contributed by atoms with Crippen LogP contribution < -0.4 is 4.72 Å². The number of nitrogens with one attached hydrogen (secondary N) is 2. The van der Waals surface area contributed by atoms with Crippen molar-refractivity contribution in [3.63, 3.8) is 0 Å². The van der Waals surface area contributed by atoms with Crippen molar-refractivity contribution < 1.29 is 8.42 Å². The lowest BCUT2D eigenvalue weighted by Crippen LogP contribution is -2.31. The van der Waals surface area contributed by atoms with Crippen molar-refractivity contribution in [3.05, 3.63) is 35.9 Å². The van der Waals surface area contributed by atoms with E-state index in [1.807, 2.05) is 37.3 Å². The molecule has 0 bridgehead atoms. The van der Waals surface area contributed by atoms with Gasteiger partial charge >= 0.3 is 0 Å². The highest BCUT2D eigenvalue weighted by Gasteiger charge is 2.10. The van der Waals surface area contributed by atoms with E-state index in [1.54, 1.807) is 0 Å². The second-order valence-electron chi connectivity index (χ2n) is 4.23. The van der Waals surface area contributed by atoms with Crippen molar-refractivity contribution in [2.24, 2.45) is 0 Å². The third-order valence-corrected chi connectivity index (χ3v) is 3.89. The molecule has 4 nitrogen and oxygen atoms in total. The van der Waals surface area contributed by atoms with E-state index in [0.29, 0.717) is 18.6 Å². The first-order valence-electron chi connectivity index (χ1n) is 6.11. The molecule has 0 aliphatic carbocycles. The second kappa shape index (κ2) is 7.28. The summed E-state index contributed by atoms with van der Waals surface area (Å²) in [5.74, 6) is 0.0659. The fourth-order valence-electron chi connectivity index (χ4n) is 1.56. The topological polar surface area (TPSA) is 70.0 Å². The van der Waals surface area contributed by atoms with Crippen LogP contribution in [0.5, 0.6) is 0 Å². The van der Waals surface area contributed by atoms with Gasteiger partial charge in [-0.25, -0.2) is 13.1 Å². The quantitative estimate of drug-likeness (QED) is 0.708. The van der Waals surface area contributed by atoms with E-state index in [0.717, 1.165) is 12.0 Å². The van der Waals surface area contributed by atoms with Gasteiger partial charge in [0.15, 0.2) is 0 Å². The van der Waals surface area contributed by atoms with Crippen molar-refractivity contribution in [3.8, 4) is 0 Å². The first-order chi connectivity index (χ1) is 8.53. The molecule has 0 saturated carbocycles. The first-order valence-corrected chi connectivity index (χ1v) is 7.76. The average molecular weight is 268 g/mol. The van der Waals surface area contributed by atoms with Crippen LogP contribution >= 0.6 is 0 Å². The Kier molecular flexibility index (Phi) is 6.01. The molecule has 18 heavy (non-hydrogen) atoms. The predicted molar refractivity (Wildman–Crippen MR) is 74.6 cm³/mol. The molecule has 0 aromatic heterocycles. The van der Waals surface area contributed by atoms with Gasteiger partial charge in [-0.3, -0.25) is 0 Å². The zero-order valence-corrected chi connectivity index (χ0v) is 11.5. The van der Waals surface area contributed by atoms with Gasteiger partial charge in [-0.1, -0.05) is 43.7 Å². The molecule has 0 aliphatic rings. The van der Waals surface area contributed by atoms with Crippen molar-refractivity contribution in [2.75, 3.05) is 12.3 Å². The van der Waals surface area contributed by atoms with E-state index in [4.69, 9.17) is 5.41 Å². The predicted octanol–water partition coefficient (Wildman–Crippen LogP) is 1.97. The summed E-state index contributed by atoms with van der Waals surface area (Å²) >= 11 is 0. The molecule has 100 valence electrons. The molecule has 0 heterocycles. The monoisotopic (exact) mass is 268 g/mol. The van der Waals surface area contributed by atoms with E-state index < -0.39 is 10.0 Å². The van der Waals surface area contributed by atoms with Crippen molar-refractivity contribution in [1.82, 2.24) is 4.72 Å². The number of hydrogen-bond donors (Lipinski definition) is 2. The number of aryl methyl sites for hydroxylation is 1. The van der Waals surface area contributed by atoms with Gasteiger partial charge in [-0.2, -0.15) is 0 Å². The fraction of sp³-hybridized carbons (Fsp3) is 0.462. The molecule has 0 radical (unpaired) electrons. The number of hydrogen-bond acceptors (Lipinski definition) is 3. The molecule has 0 atom stereocenters. The van der Waals surface area contributed by atoms with Crippen LogP contribution in [0.1, 0.15) is 25.3 Å². The lowest BCUT2D eigenvalue weighted by Gasteiger charge is -2.07. The highest BCUT2D eigenvalue weighted by atomic mass is 32.2. The molecular formula is C13H20N2O2S. The Bertz CT molecular complexity index is 469. The fourth-order valence-corrected chi connectivity index (χ4v) is 2.60. The van der Waals surface area contributed by atoms with Gasteiger partial charge in [0.05, 0.1) is 5.75 Å². The first kappa shape index (κ1) is 14.9. The Morgan fingerprint density at radius 2 is 1.94 bits per heavy atom. The molecule has 0 fully saturated rings. The van der Waals surface area contributed by atoms with Crippen molar-refractivity contribution in [1.29, 1.82) is 5.41 Å². The van der Waals surface area contributed by atoms with E-state index in [1.165, 1.54) is 0 Å². The maximum atomic E-state index is 11.7. The average Bonchev–Trinajstić information content (AvgIpc) is 2.36. The number of rotatable bonds is 8. The van der Waals surface area contributed by atoms with Crippen LogP contribution in [0, 0.1) is 5.41 Å². The van der Waals surface area contributed by atoms with E-state index in [-0.39, 0.29) is 12.3 Å². The Hall–Kier alpha value is -1.20. The van der Waals surface area contributed by atoms with Crippen LogP contribution in [0.2, 0.25) is 0 Å². The van der Waals surface area contributed by atoms with Gasteiger partial charge in [0, 0.05) is 12.3 Å². The molecule has 0 spiro atoms. The van der Waals surface area contributed by atoms with E-state index in [9.17, 15) is 8.42 Å². The maximum Gasteiger partial charge on any atom is 0.212 e. The molecule has 1 aromatic carbocycles. The van der Waals surface area contributed by atoms with Gasteiger partial charge in [-0.15, -0.1) is 0 Å². The molecule has 0 unspecified atom stereocenters. The molecule has 0 aliphatic heterocycles.